The van der Waals surface area contributed by atoms with Gasteiger partial charge in [0.2, 0.25) is 5.91 Å². The predicted octanol–water partition coefficient (Wildman–Crippen LogP) is 1.44. The van der Waals surface area contributed by atoms with Crippen LogP contribution in [0.25, 0.3) is 0 Å². The van der Waals surface area contributed by atoms with Gasteiger partial charge in [-0.05, 0) is 18.2 Å². The lowest BCUT2D eigenvalue weighted by molar-refractivity contribution is -0.138. The maximum Gasteiger partial charge on any atom is 0.317 e. The minimum absolute atomic E-state index is 0.0247. The molecule has 0 aliphatic heterocycles. The molecule has 0 bridgehead atoms. The maximum absolute atomic E-state index is 12.8. The van der Waals surface area contributed by atoms with Gasteiger partial charge < -0.3 is 10.4 Å². The molecule has 0 saturated carbocycles. The molecule has 0 unspecified atom stereocenters. The van der Waals surface area contributed by atoms with Gasteiger partial charge in [0.05, 0.1) is 30.3 Å². The highest BCUT2D eigenvalue weighted by atomic mass is 35.5. The summed E-state index contributed by atoms with van der Waals surface area (Å²) in [7, 11) is 0. The SMILES string of the molecule is C#CCN(CC(=O)O)CC(=O)Nc1ccc(F)cc1Cl. The van der Waals surface area contributed by atoms with Gasteiger partial charge in [-0.2, -0.15) is 0 Å². The Kier molecular flexibility index (Phi) is 5.97. The van der Waals surface area contributed by atoms with Crippen LogP contribution >= 0.6 is 11.6 Å². The van der Waals surface area contributed by atoms with Crippen LogP contribution in [0.4, 0.5) is 10.1 Å². The van der Waals surface area contributed by atoms with Gasteiger partial charge in [0, 0.05) is 0 Å². The summed E-state index contributed by atoms with van der Waals surface area (Å²) in [5.41, 5.74) is 0.244. The van der Waals surface area contributed by atoms with Gasteiger partial charge in [-0.3, -0.25) is 14.5 Å². The number of hydrogen-bond donors (Lipinski definition) is 2. The minimum atomic E-state index is -1.09. The lowest BCUT2D eigenvalue weighted by Crippen LogP contribution is -2.37. The van der Waals surface area contributed by atoms with Crippen molar-refractivity contribution >= 4 is 29.2 Å². The van der Waals surface area contributed by atoms with Gasteiger partial charge >= 0.3 is 5.97 Å². The summed E-state index contributed by atoms with van der Waals surface area (Å²) in [5.74, 6) is 0.167. The van der Waals surface area contributed by atoms with Crippen LogP contribution in [0.1, 0.15) is 0 Å². The Balaban J connectivity index is 2.65. The number of rotatable bonds is 6. The fraction of sp³-hybridized carbons (Fsp3) is 0.231. The molecule has 106 valence electrons. The van der Waals surface area contributed by atoms with Crippen molar-refractivity contribution in [3.63, 3.8) is 0 Å². The van der Waals surface area contributed by atoms with Crippen molar-refractivity contribution < 1.29 is 19.1 Å². The van der Waals surface area contributed by atoms with Crippen molar-refractivity contribution in [2.75, 3.05) is 25.0 Å². The third kappa shape index (κ3) is 5.26. The Morgan fingerprint density at radius 3 is 2.70 bits per heavy atom. The third-order valence-corrected chi connectivity index (χ3v) is 2.56. The molecule has 1 aromatic carbocycles. The molecule has 0 aliphatic rings. The first-order chi connectivity index (χ1) is 9.42. The van der Waals surface area contributed by atoms with Crippen molar-refractivity contribution in [3.8, 4) is 12.3 Å². The standard InChI is InChI=1S/C13H12ClFN2O3/c1-2-5-17(8-13(19)20)7-12(18)16-11-4-3-9(15)6-10(11)14/h1,3-4,6H,5,7-8H2,(H,16,18)(H,19,20). The Bertz CT molecular complexity index is 557. The molecule has 0 saturated heterocycles. The zero-order valence-corrected chi connectivity index (χ0v) is 11.2. The van der Waals surface area contributed by atoms with Gasteiger partial charge in [-0.1, -0.05) is 17.5 Å². The summed E-state index contributed by atoms with van der Waals surface area (Å²) >= 11 is 5.76. The van der Waals surface area contributed by atoms with Gasteiger partial charge in [0.15, 0.2) is 0 Å². The number of anilines is 1. The number of halogens is 2. The minimum Gasteiger partial charge on any atom is -0.480 e. The van der Waals surface area contributed by atoms with Crippen molar-refractivity contribution in [2.45, 2.75) is 0 Å². The van der Waals surface area contributed by atoms with Gasteiger partial charge in [-0.25, -0.2) is 4.39 Å². The average molecular weight is 299 g/mol. The fourth-order valence-corrected chi connectivity index (χ4v) is 1.69. The molecule has 1 amide bonds. The Morgan fingerprint density at radius 2 is 2.15 bits per heavy atom. The van der Waals surface area contributed by atoms with E-state index in [1.807, 2.05) is 0 Å². The van der Waals surface area contributed by atoms with E-state index in [0.717, 1.165) is 12.1 Å². The highest BCUT2D eigenvalue weighted by molar-refractivity contribution is 6.33. The van der Waals surface area contributed by atoms with Crippen LogP contribution in [0.15, 0.2) is 18.2 Å². The Morgan fingerprint density at radius 1 is 1.45 bits per heavy atom. The van der Waals surface area contributed by atoms with Gasteiger partial charge in [-0.15, -0.1) is 6.42 Å². The topological polar surface area (TPSA) is 69.6 Å². The van der Waals surface area contributed by atoms with Crippen LogP contribution in [0.2, 0.25) is 5.02 Å². The highest BCUT2D eigenvalue weighted by Crippen LogP contribution is 2.22. The van der Waals surface area contributed by atoms with Crippen LogP contribution in [-0.2, 0) is 9.59 Å². The van der Waals surface area contributed by atoms with Crippen LogP contribution in [-0.4, -0.2) is 41.5 Å². The normalized spacial score (nSPS) is 10.1. The number of carbonyl (C=O) groups excluding carboxylic acids is 1. The molecule has 0 atom stereocenters. The molecule has 0 spiro atoms. The first-order valence-corrected chi connectivity index (χ1v) is 5.92. The van der Waals surface area contributed by atoms with Crippen molar-refractivity contribution in [1.29, 1.82) is 0 Å². The summed E-state index contributed by atoms with van der Waals surface area (Å²) < 4.78 is 12.8. The second kappa shape index (κ2) is 7.48. The summed E-state index contributed by atoms with van der Waals surface area (Å²) in [6, 6.07) is 3.53. The summed E-state index contributed by atoms with van der Waals surface area (Å²) in [5, 5.41) is 11.2. The molecular formula is C13H12ClFN2O3. The van der Waals surface area contributed by atoms with Gasteiger partial charge in [0.1, 0.15) is 5.82 Å². The molecule has 7 heteroatoms. The number of nitrogens with one attached hydrogen (secondary N) is 1. The van der Waals surface area contributed by atoms with E-state index in [2.05, 4.69) is 11.2 Å². The largest absolute Gasteiger partial charge is 0.480 e. The monoisotopic (exact) mass is 298 g/mol. The number of carboxylic acid groups (broad SMARTS) is 1. The zero-order chi connectivity index (χ0) is 15.1. The number of carbonyl (C=O) groups is 2. The molecule has 1 rings (SSSR count). The van der Waals surface area contributed by atoms with Crippen molar-refractivity contribution in [1.82, 2.24) is 4.90 Å². The summed E-state index contributed by atoms with van der Waals surface area (Å²) in [6.07, 6.45) is 5.10. The molecule has 0 aromatic heterocycles. The summed E-state index contributed by atoms with van der Waals surface area (Å²) in [6.45, 7) is -0.532. The molecule has 0 fully saturated rings. The van der Waals surface area contributed by atoms with Crippen LogP contribution in [0, 0.1) is 18.2 Å². The zero-order valence-electron chi connectivity index (χ0n) is 10.4. The van der Waals surface area contributed by atoms with Gasteiger partial charge in [0.25, 0.3) is 0 Å². The van der Waals surface area contributed by atoms with E-state index in [1.54, 1.807) is 0 Å². The van der Waals surface area contributed by atoms with Crippen molar-refractivity contribution in [2.24, 2.45) is 0 Å². The molecule has 0 heterocycles. The lowest BCUT2D eigenvalue weighted by Gasteiger charge is -2.17. The number of amides is 1. The van der Waals surface area contributed by atoms with Crippen LogP contribution < -0.4 is 5.32 Å². The highest BCUT2D eigenvalue weighted by Gasteiger charge is 2.14. The fourth-order valence-electron chi connectivity index (χ4n) is 1.47. The van der Waals surface area contributed by atoms with Crippen molar-refractivity contribution in [3.05, 3.63) is 29.0 Å². The quantitative estimate of drug-likeness (QED) is 0.780. The van der Waals surface area contributed by atoms with E-state index < -0.39 is 17.7 Å². The number of carboxylic acids is 1. The van der Waals surface area contributed by atoms with Crippen LogP contribution in [0.5, 0.6) is 0 Å². The number of benzene rings is 1. The van der Waals surface area contributed by atoms with Crippen LogP contribution in [0.3, 0.4) is 0 Å². The molecular weight excluding hydrogens is 287 g/mol. The first-order valence-electron chi connectivity index (χ1n) is 5.55. The van der Waals surface area contributed by atoms with E-state index in [4.69, 9.17) is 23.1 Å². The second-order valence-electron chi connectivity index (χ2n) is 3.92. The molecule has 0 radical (unpaired) electrons. The lowest BCUT2D eigenvalue weighted by atomic mass is 10.3. The number of terminal acetylenes is 1. The number of hydrogen-bond acceptors (Lipinski definition) is 3. The first kappa shape index (κ1) is 16.0. The second-order valence-corrected chi connectivity index (χ2v) is 4.32. The third-order valence-electron chi connectivity index (χ3n) is 2.25. The van der Waals surface area contributed by atoms with E-state index in [0.29, 0.717) is 0 Å². The Hall–Kier alpha value is -2.10. The predicted molar refractivity (Wildman–Crippen MR) is 72.9 cm³/mol. The molecule has 5 nitrogen and oxygen atoms in total. The molecule has 20 heavy (non-hydrogen) atoms. The Labute approximate surface area is 120 Å². The molecule has 2 N–H and O–H groups in total. The molecule has 1 aromatic rings. The van der Waals surface area contributed by atoms with E-state index in [9.17, 15) is 14.0 Å². The van der Waals surface area contributed by atoms with E-state index in [-0.39, 0.29) is 30.3 Å². The average Bonchev–Trinajstić information content (AvgIpc) is 2.32. The smallest absolute Gasteiger partial charge is 0.317 e. The number of aliphatic carboxylic acids is 1. The maximum atomic E-state index is 12.8. The van der Waals surface area contributed by atoms with E-state index in [1.165, 1.54) is 11.0 Å². The summed E-state index contributed by atoms with van der Waals surface area (Å²) in [4.78, 5) is 23.6. The molecule has 0 aliphatic carbocycles. The van der Waals surface area contributed by atoms with E-state index >= 15 is 0 Å². The number of nitrogens with zero attached hydrogens (tertiary/aromatic N) is 1.